The van der Waals surface area contributed by atoms with Crippen LogP contribution in [0.25, 0.3) is 10.9 Å². The summed E-state index contributed by atoms with van der Waals surface area (Å²) in [6.07, 6.45) is -3.74. The lowest BCUT2D eigenvalue weighted by Crippen LogP contribution is -2.38. The molecule has 0 aliphatic rings. The highest BCUT2D eigenvalue weighted by Crippen LogP contribution is 2.37. The SMILES string of the molecule is Cc1cc(C(=O)NC(c2c[nH]c3cccc(F)c23)C(F)(F)F)ns1. The van der Waals surface area contributed by atoms with E-state index in [1.54, 1.807) is 6.92 Å². The average molecular weight is 357 g/mol. The number of alkyl halides is 3. The Bertz CT molecular complexity index is 900. The molecule has 2 heterocycles. The molecule has 126 valence electrons. The third-order valence-corrected chi connectivity index (χ3v) is 4.15. The summed E-state index contributed by atoms with van der Waals surface area (Å²) in [5, 5.41) is 1.70. The maximum Gasteiger partial charge on any atom is 0.412 e. The normalized spacial score (nSPS) is 13.2. The van der Waals surface area contributed by atoms with Crippen LogP contribution in [-0.2, 0) is 0 Å². The van der Waals surface area contributed by atoms with Crippen molar-refractivity contribution in [3.63, 3.8) is 0 Å². The first-order valence-corrected chi connectivity index (χ1v) is 7.61. The Labute approximate surface area is 137 Å². The number of fused-ring (bicyclic) bond motifs is 1. The third-order valence-electron chi connectivity index (χ3n) is 3.46. The van der Waals surface area contributed by atoms with Crippen LogP contribution in [0.1, 0.15) is 27.0 Å². The Morgan fingerprint density at radius 3 is 2.75 bits per heavy atom. The minimum absolute atomic E-state index is 0.105. The van der Waals surface area contributed by atoms with Crippen molar-refractivity contribution in [1.29, 1.82) is 0 Å². The zero-order valence-electron chi connectivity index (χ0n) is 12.2. The van der Waals surface area contributed by atoms with E-state index in [0.717, 1.165) is 23.8 Å². The van der Waals surface area contributed by atoms with E-state index in [9.17, 15) is 22.4 Å². The molecule has 0 saturated heterocycles. The lowest BCUT2D eigenvalue weighted by Gasteiger charge is -2.21. The summed E-state index contributed by atoms with van der Waals surface area (Å²) >= 11 is 1.01. The molecule has 3 aromatic rings. The van der Waals surface area contributed by atoms with Gasteiger partial charge in [-0.05, 0) is 36.7 Å². The van der Waals surface area contributed by atoms with Gasteiger partial charge in [0.25, 0.3) is 5.91 Å². The first kappa shape index (κ1) is 16.4. The fourth-order valence-corrected chi connectivity index (χ4v) is 2.95. The zero-order chi connectivity index (χ0) is 17.5. The standard InChI is InChI=1S/C15H11F4N3OS/c1-7-5-11(22-24-7)14(23)21-13(15(17,18)19)8-6-20-10-4-2-3-9(16)12(8)10/h2-6,13,20H,1H3,(H,21,23). The maximum absolute atomic E-state index is 14.0. The van der Waals surface area contributed by atoms with Gasteiger partial charge in [0.2, 0.25) is 0 Å². The van der Waals surface area contributed by atoms with Crippen molar-refractivity contribution >= 4 is 28.3 Å². The van der Waals surface area contributed by atoms with Crippen LogP contribution < -0.4 is 5.32 Å². The molecule has 0 radical (unpaired) electrons. The number of hydrogen-bond acceptors (Lipinski definition) is 3. The van der Waals surface area contributed by atoms with Crippen molar-refractivity contribution in [2.75, 3.05) is 0 Å². The van der Waals surface area contributed by atoms with Gasteiger partial charge in [0.05, 0.1) is 0 Å². The maximum atomic E-state index is 14.0. The summed E-state index contributed by atoms with van der Waals surface area (Å²) in [6, 6.07) is 2.96. The number of nitrogens with one attached hydrogen (secondary N) is 2. The second-order valence-corrected chi connectivity index (χ2v) is 6.19. The van der Waals surface area contributed by atoms with Crippen molar-refractivity contribution < 1.29 is 22.4 Å². The van der Waals surface area contributed by atoms with E-state index in [1.807, 2.05) is 5.32 Å². The van der Waals surface area contributed by atoms with Gasteiger partial charge in [-0.25, -0.2) is 4.39 Å². The molecule has 3 rings (SSSR count). The fraction of sp³-hybridized carbons (Fsp3) is 0.200. The van der Waals surface area contributed by atoms with Gasteiger partial charge >= 0.3 is 6.18 Å². The number of rotatable bonds is 3. The van der Waals surface area contributed by atoms with E-state index in [2.05, 4.69) is 9.36 Å². The smallest absolute Gasteiger partial charge is 0.361 e. The van der Waals surface area contributed by atoms with Gasteiger partial charge in [0.15, 0.2) is 6.04 Å². The number of carbonyl (C=O) groups excluding carboxylic acids is 1. The van der Waals surface area contributed by atoms with E-state index in [0.29, 0.717) is 4.88 Å². The number of amides is 1. The molecule has 4 nitrogen and oxygen atoms in total. The number of aromatic nitrogens is 2. The lowest BCUT2D eigenvalue weighted by molar-refractivity contribution is -0.155. The highest BCUT2D eigenvalue weighted by molar-refractivity contribution is 7.05. The van der Waals surface area contributed by atoms with Crippen LogP contribution in [-0.4, -0.2) is 21.4 Å². The quantitative estimate of drug-likeness (QED) is 0.693. The van der Waals surface area contributed by atoms with Crippen LogP contribution >= 0.6 is 11.5 Å². The summed E-state index contributed by atoms with van der Waals surface area (Å²) in [5.41, 5.74) is -0.263. The van der Waals surface area contributed by atoms with Crippen LogP contribution in [0.2, 0.25) is 0 Å². The highest BCUT2D eigenvalue weighted by atomic mass is 32.1. The second-order valence-electron chi connectivity index (χ2n) is 5.18. The van der Waals surface area contributed by atoms with Crippen molar-refractivity contribution in [2.24, 2.45) is 0 Å². The van der Waals surface area contributed by atoms with Crippen molar-refractivity contribution in [2.45, 2.75) is 19.1 Å². The van der Waals surface area contributed by atoms with E-state index >= 15 is 0 Å². The molecule has 2 aromatic heterocycles. The van der Waals surface area contributed by atoms with Gasteiger partial charge in [0, 0.05) is 27.5 Å². The van der Waals surface area contributed by atoms with Gasteiger partial charge in [-0.3, -0.25) is 4.79 Å². The summed E-state index contributed by atoms with van der Waals surface area (Å²) in [6.45, 7) is 1.69. The molecule has 0 aliphatic heterocycles. The molecule has 1 unspecified atom stereocenters. The molecule has 0 bridgehead atoms. The van der Waals surface area contributed by atoms with Crippen molar-refractivity contribution in [3.8, 4) is 0 Å². The topological polar surface area (TPSA) is 57.8 Å². The minimum atomic E-state index is -4.79. The van der Waals surface area contributed by atoms with E-state index in [4.69, 9.17) is 0 Å². The lowest BCUT2D eigenvalue weighted by atomic mass is 10.0. The second kappa shape index (κ2) is 5.90. The van der Waals surface area contributed by atoms with Crippen LogP contribution in [0.3, 0.4) is 0 Å². The van der Waals surface area contributed by atoms with Gasteiger partial charge < -0.3 is 10.3 Å². The summed E-state index contributed by atoms with van der Waals surface area (Å²) in [7, 11) is 0. The molecule has 24 heavy (non-hydrogen) atoms. The van der Waals surface area contributed by atoms with Crippen LogP contribution in [0.15, 0.2) is 30.5 Å². The fourth-order valence-electron chi connectivity index (χ4n) is 2.41. The number of aryl methyl sites for hydroxylation is 1. The van der Waals surface area contributed by atoms with Crippen LogP contribution in [0.5, 0.6) is 0 Å². The van der Waals surface area contributed by atoms with E-state index < -0.39 is 23.9 Å². The molecular weight excluding hydrogens is 346 g/mol. The predicted octanol–water partition coefficient (Wildman–Crippen LogP) is 4.11. The molecular formula is C15H11F4N3OS. The highest BCUT2D eigenvalue weighted by Gasteiger charge is 2.43. The van der Waals surface area contributed by atoms with Crippen molar-refractivity contribution in [3.05, 3.63) is 52.4 Å². The monoisotopic (exact) mass is 357 g/mol. The predicted molar refractivity (Wildman–Crippen MR) is 81.4 cm³/mol. The molecule has 0 fully saturated rings. The Hall–Kier alpha value is -2.42. The third kappa shape index (κ3) is 2.99. The van der Waals surface area contributed by atoms with Crippen LogP contribution in [0, 0.1) is 12.7 Å². The largest absolute Gasteiger partial charge is 0.412 e. The van der Waals surface area contributed by atoms with Crippen molar-refractivity contribution in [1.82, 2.24) is 14.7 Å². The van der Waals surface area contributed by atoms with E-state index in [-0.39, 0.29) is 22.2 Å². The first-order chi connectivity index (χ1) is 11.3. The molecule has 0 spiro atoms. The summed E-state index contributed by atoms with van der Waals surface area (Å²) in [4.78, 5) is 15.4. The molecule has 2 N–H and O–H groups in total. The van der Waals surface area contributed by atoms with E-state index in [1.165, 1.54) is 18.2 Å². The number of nitrogens with zero attached hydrogens (tertiary/aromatic N) is 1. The number of hydrogen-bond donors (Lipinski definition) is 2. The van der Waals surface area contributed by atoms with Crippen LogP contribution in [0.4, 0.5) is 17.6 Å². The van der Waals surface area contributed by atoms with Gasteiger partial charge in [-0.15, -0.1) is 0 Å². The van der Waals surface area contributed by atoms with Gasteiger partial charge in [-0.2, -0.15) is 17.5 Å². The Balaban J connectivity index is 2.02. The molecule has 1 amide bonds. The number of H-pyrrole nitrogens is 1. The number of carbonyl (C=O) groups is 1. The zero-order valence-corrected chi connectivity index (χ0v) is 13.1. The number of aromatic amines is 1. The van der Waals surface area contributed by atoms with Gasteiger partial charge in [-0.1, -0.05) is 6.07 Å². The summed E-state index contributed by atoms with van der Waals surface area (Å²) < 4.78 is 58.1. The molecule has 0 aliphatic carbocycles. The molecule has 0 saturated carbocycles. The number of halogens is 4. The molecule has 9 heteroatoms. The van der Waals surface area contributed by atoms with Gasteiger partial charge in [0.1, 0.15) is 11.5 Å². The Morgan fingerprint density at radius 1 is 1.38 bits per heavy atom. The first-order valence-electron chi connectivity index (χ1n) is 6.84. The molecule has 1 atom stereocenters. The Kier molecular flexibility index (Phi) is 4.04. The molecule has 1 aromatic carbocycles. The minimum Gasteiger partial charge on any atom is -0.361 e. The Morgan fingerprint density at radius 2 is 2.12 bits per heavy atom. The average Bonchev–Trinajstić information content (AvgIpc) is 3.10. The summed E-state index contributed by atoms with van der Waals surface area (Å²) in [5.74, 6) is -1.76. The number of benzene rings is 1.